The topological polar surface area (TPSA) is 23.5 Å². The minimum absolute atomic E-state index is 0.355. The van der Waals surface area contributed by atoms with Crippen molar-refractivity contribution in [2.24, 2.45) is 0 Å². The average molecular weight is 217 g/mol. The lowest BCUT2D eigenvalue weighted by molar-refractivity contribution is 0.225. The molecular weight excluding hydrogens is 194 g/mol. The largest absolute Gasteiger partial charge is 0.396 e. The van der Waals surface area contributed by atoms with Gasteiger partial charge in [-0.05, 0) is 38.0 Å². The third kappa shape index (κ3) is 4.20. The summed E-state index contributed by atoms with van der Waals surface area (Å²) < 4.78 is 0. The number of aliphatic hydroxyl groups is 1. The Morgan fingerprint density at radius 1 is 1.50 bits per heavy atom. The first-order valence-electron chi connectivity index (χ1n) is 5.81. The molecule has 1 saturated heterocycles. The molecule has 1 aliphatic rings. The van der Waals surface area contributed by atoms with Crippen molar-refractivity contribution in [1.82, 2.24) is 4.90 Å². The van der Waals surface area contributed by atoms with Crippen LogP contribution in [0.1, 0.15) is 32.6 Å². The summed E-state index contributed by atoms with van der Waals surface area (Å²) in [5.41, 5.74) is 0. The minimum atomic E-state index is 0.355. The molecule has 0 bridgehead atoms. The standard InChI is InChI=1S/C11H23NOS/c1-2-14-10-8-12-7-3-5-11(12)6-4-9-13/h11,13H,2-10H2,1H3. The molecule has 0 aliphatic carbocycles. The second-order valence-corrected chi connectivity index (χ2v) is 5.29. The molecule has 1 fully saturated rings. The van der Waals surface area contributed by atoms with Crippen LogP contribution in [0.5, 0.6) is 0 Å². The van der Waals surface area contributed by atoms with Crippen molar-refractivity contribution < 1.29 is 5.11 Å². The summed E-state index contributed by atoms with van der Waals surface area (Å²) in [5, 5.41) is 8.80. The molecule has 3 heteroatoms. The van der Waals surface area contributed by atoms with Crippen molar-refractivity contribution in [3.05, 3.63) is 0 Å². The maximum Gasteiger partial charge on any atom is 0.0431 e. The van der Waals surface area contributed by atoms with Crippen molar-refractivity contribution >= 4 is 11.8 Å². The van der Waals surface area contributed by atoms with Crippen LogP contribution in [-0.4, -0.2) is 47.3 Å². The molecule has 0 radical (unpaired) electrons. The molecule has 1 heterocycles. The summed E-state index contributed by atoms with van der Waals surface area (Å²) in [6, 6.07) is 0.764. The molecule has 0 aromatic rings. The molecule has 0 amide bonds. The lowest BCUT2D eigenvalue weighted by Gasteiger charge is -2.23. The molecule has 1 aliphatic heterocycles. The molecule has 1 unspecified atom stereocenters. The second-order valence-electron chi connectivity index (χ2n) is 3.89. The summed E-state index contributed by atoms with van der Waals surface area (Å²) >= 11 is 2.03. The maximum atomic E-state index is 8.80. The number of nitrogens with zero attached hydrogens (tertiary/aromatic N) is 1. The van der Waals surface area contributed by atoms with Gasteiger partial charge in [-0.25, -0.2) is 0 Å². The van der Waals surface area contributed by atoms with Gasteiger partial charge in [0.1, 0.15) is 0 Å². The van der Waals surface area contributed by atoms with Crippen molar-refractivity contribution in [1.29, 1.82) is 0 Å². The highest BCUT2D eigenvalue weighted by Crippen LogP contribution is 2.21. The van der Waals surface area contributed by atoms with Gasteiger partial charge in [0, 0.05) is 24.9 Å². The number of hydrogen-bond donors (Lipinski definition) is 1. The summed E-state index contributed by atoms with van der Waals surface area (Å²) in [4.78, 5) is 2.61. The number of rotatable bonds is 7. The van der Waals surface area contributed by atoms with Gasteiger partial charge in [-0.2, -0.15) is 11.8 Å². The van der Waals surface area contributed by atoms with Crippen LogP contribution in [0, 0.1) is 0 Å². The minimum Gasteiger partial charge on any atom is -0.396 e. The van der Waals surface area contributed by atoms with Crippen LogP contribution in [0.2, 0.25) is 0 Å². The van der Waals surface area contributed by atoms with E-state index < -0.39 is 0 Å². The van der Waals surface area contributed by atoms with E-state index in [-0.39, 0.29) is 0 Å². The van der Waals surface area contributed by atoms with Gasteiger partial charge in [0.15, 0.2) is 0 Å². The van der Waals surface area contributed by atoms with E-state index in [0.717, 1.165) is 12.5 Å². The Morgan fingerprint density at radius 3 is 3.07 bits per heavy atom. The Hall–Kier alpha value is 0.270. The van der Waals surface area contributed by atoms with Crippen molar-refractivity contribution in [3.63, 3.8) is 0 Å². The quantitative estimate of drug-likeness (QED) is 0.660. The fraction of sp³-hybridized carbons (Fsp3) is 1.00. The third-order valence-electron chi connectivity index (χ3n) is 2.92. The van der Waals surface area contributed by atoms with Crippen molar-refractivity contribution in [2.75, 3.05) is 31.2 Å². The Morgan fingerprint density at radius 2 is 2.36 bits per heavy atom. The fourth-order valence-corrected chi connectivity index (χ4v) is 2.82. The van der Waals surface area contributed by atoms with Crippen LogP contribution in [0.3, 0.4) is 0 Å². The predicted octanol–water partition coefficient (Wildman–Crippen LogP) is 1.98. The Bertz CT molecular complexity index is 143. The van der Waals surface area contributed by atoms with Crippen LogP contribution in [0.15, 0.2) is 0 Å². The Labute approximate surface area is 92.1 Å². The second kappa shape index (κ2) is 7.55. The first-order valence-corrected chi connectivity index (χ1v) is 6.96. The van der Waals surface area contributed by atoms with Gasteiger partial charge in [0.25, 0.3) is 0 Å². The summed E-state index contributed by atoms with van der Waals surface area (Å²) in [6.07, 6.45) is 4.86. The molecule has 1 rings (SSSR count). The smallest absolute Gasteiger partial charge is 0.0431 e. The van der Waals surface area contributed by atoms with Gasteiger partial charge in [0.2, 0.25) is 0 Å². The average Bonchev–Trinajstić information content (AvgIpc) is 2.63. The normalized spacial score (nSPS) is 23.1. The van der Waals surface area contributed by atoms with Gasteiger partial charge >= 0.3 is 0 Å². The molecule has 0 saturated carbocycles. The number of hydrogen-bond acceptors (Lipinski definition) is 3. The highest BCUT2D eigenvalue weighted by Gasteiger charge is 2.22. The molecule has 14 heavy (non-hydrogen) atoms. The van der Waals surface area contributed by atoms with Gasteiger partial charge in [0.05, 0.1) is 0 Å². The molecule has 2 nitrogen and oxygen atoms in total. The fourth-order valence-electron chi connectivity index (χ4n) is 2.17. The number of aliphatic hydroxyl groups excluding tert-OH is 1. The third-order valence-corrected chi connectivity index (χ3v) is 3.80. The van der Waals surface area contributed by atoms with Gasteiger partial charge in [-0.1, -0.05) is 6.92 Å². The number of likely N-dealkylation sites (tertiary alicyclic amines) is 1. The van der Waals surface area contributed by atoms with E-state index in [2.05, 4.69) is 11.8 Å². The van der Waals surface area contributed by atoms with E-state index in [4.69, 9.17) is 5.11 Å². The lowest BCUT2D eigenvalue weighted by atomic mass is 10.1. The zero-order chi connectivity index (χ0) is 10.2. The Balaban J connectivity index is 2.14. The van der Waals surface area contributed by atoms with E-state index in [1.165, 1.54) is 43.9 Å². The molecule has 1 N–H and O–H groups in total. The van der Waals surface area contributed by atoms with Crippen molar-refractivity contribution in [2.45, 2.75) is 38.6 Å². The predicted molar refractivity (Wildman–Crippen MR) is 63.9 cm³/mol. The molecule has 1 atom stereocenters. The first-order chi connectivity index (χ1) is 6.88. The van der Waals surface area contributed by atoms with E-state index in [1.807, 2.05) is 11.8 Å². The maximum absolute atomic E-state index is 8.80. The summed E-state index contributed by atoms with van der Waals surface area (Å²) in [5.74, 6) is 2.50. The van der Waals surface area contributed by atoms with E-state index in [0.29, 0.717) is 6.61 Å². The van der Waals surface area contributed by atoms with E-state index in [9.17, 15) is 0 Å². The summed E-state index contributed by atoms with van der Waals surface area (Å²) in [7, 11) is 0. The number of thioether (sulfide) groups is 1. The zero-order valence-corrected chi connectivity index (χ0v) is 10.1. The van der Waals surface area contributed by atoms with Crippen LogP contribution >= 0.6 is 11.8 Å². The molecule has 0 spiro atoms. The van der Waals surface area contributed by atoms with Crippen LogP contribution < -0.4 is 0 Å². The SMILES string of the molecule is CCSCCN1CCCC1CCCO. The molecular formula is C11H23NOS. The van der Waals surface area contributed by atoms with Gasteiger partial charge < -0.3 is 5.11 Å². The van der Waals surface area contributed by atoms with Crippen LogP contribution in [-0.2, 0) is 0 Å². The first kappa shape index (κ1) is 12.3. The van der Waals surface area contributed by atoms with E-state index >= 15 is 0 Å². The van der Waals surface area contributed by atoms with Gasteiger partial charge in [-0.15, -0.1) is 0 Å². The highest BCUT2D eigenvalue weighted by molar-refractivity contribution is 7.99. The highest BCUT2D eigenvalue weighted by atomic mass is 32.2. The van der Waals surface area contributed by atoms with E-state index in [1.54, 1.807) is 0 Å². The Kier molecular flexibility index (Phi) is 6.65. The zero-order valence-electron chi connectivity index (χ0n) is 9.24. The van der Waals surface area contributed by atoms with Crippen molar-refractivity contribution in [3.8, 4) is 0 Å². The molecule has 0 aromatic carbocycles. The molecule has 84 valence electrons. The van der Waals surface area contributed by atoms with Gasteiger partial charge in [-0.3, -0.25) is 4.90 Å². The van der Waals surface area contributed by atoms with Crippen LogP contribution in [0.25, 0.3) is 0 Å². The van der Waals surface area contributed by atoms with Crippen LogP contribution in [0.4, 0.5) is 0 Å². The monoisotopic (exact) mass is 217 g/mol. The molecule has 0 aromatic heterocycles. The summed E-state index contributed by atoms with van der Waals surface area (Å²) in [6.45, 7) is 5.10. The lowest BCUT2D eigenvalue weighted by Crippen LogP contribution is -2.31.